The Hall–Kier alpha value is -1.94. The molecule has 0 saturated carbocycles. The summed E-state index contributed by atoms with van der Waals surface area (Å²) in [5.41, 5.74) is 9.95. The number of thioether (sulfide) groups is 1. The van der Waals surface area contributed by atoms with Crippen molar-refractivity contribution in [2.45, 2.75) is 18.7 Å². The first kappa shape index (κ1) is 15.4. The van der Waals surface area contributed by atoms with Gasteiger partial charge in [-0.05, 0) is 36.4 Å². The molecule has 21 heavy (non-hydrogen) atoms. The Kier molecular flexibility index (Phi) is 4.91. The van der Waals surface area contributed by atoms with Crippen LogP contribution >= 0.6 is 11.8 Å². The zero-order chi connectivity index (χ0) is 15.4. The number of nitrogen functional groups attached to an aromatic ring is 1. The lowest BCUT2D eigenvalue weighted by atomic mass is 10.1. The Morgan fingerprint density at radius 3 is 2.43 bits per heavy atom. The molecule has 0 heterocycles. The van der Waals surface area contributed by atoms with Crippen molar-refractivity contribution in [1.82, 2.24) is 0 Å². The van der Waals surface area contributed by atoms with E-state index in [1.807, 2.05) is 37.4 Å². The zero-order valence-corrected chi connectivity index (χ0v) is 13.5. The van der Waals surface area contributed by atoms with Gasteiger partial charge in [-0.1, -0.05) is 31.2 Å². The number of nitrogens with zero attached hydrogens (tertiary/aromatic N) is 1. The van der Waals surface area contributed by atoms with Crippen LogP contribution in [0.15, 0.2) is 47.4 Å². The maximum absolute atomic E-state index is 7.94. The Morgan fingerprint density at radius 1 is 1.14 bits per heavy atom. The third-order valence-electron chi connectivity index (χ3n) is 3.41. The molecule has 0 aromatic heterocycles. The van der Waals surface area contributed by atoms with Crippen molar-refractivity contribution in [3.05, 3.63) is 53.6 Å². The van der Waals surface area contributed by atoms with E-state index in [0.29, 0.717) is 0 Å². The fraction of sp³-hybridized carbons (Fsp3) is 0.235. The Morgan fingerprint density at radius 2 is 1.81 bits per heavy atom. The maximum atomic E-state index is 7.94. The molecule has 2 aromatic rings. The molecule has 4 heteroatoms. The van der Waals surface area contributed by atoms with E-state index in [2.05, 4.69) is 30.9 Å². The average molecular weight is 299 g/mol. The number of aryl methyl sites for hydroxylation is 1. The highest BCUT2D eigenvalue weighted by Crippen LogP contribution is 2.34. The minimum absolute atomic E-state index is 0.113. The zero-order valence-electron chi connectivity index (χ0n) is 12.7. The minimum Gasteiger partial charge on any atom is -0.384 e. The number of hydrogen-bond acceptors (Lipinski definition) is 3. The summed E-state index contributed by atoms with van der Waals surface area (Å²) >= 11 is 1.71. The maximum Gasteiger partial charge on any atom is 0.126 e. The van der Waals surface area contributed by atoms with Crippen molar-refractivity contribution >= 4 is 29.0 Å². The van der Waals surface area contributed by atoms with Crippen molar-refractivity contribution < 1.29 is 0 Å². The van der Waals surface area contributed by atoms with E-state index >= 15 is 0 Å². The highest BCUT2D eigenvalue weighted by atomic mass is 32.2. The van der Waals surface area contributed by atoms with Crippen LogP contribution in [-0.2, 0) is 0 Å². The average Bonchev–Trinajstić information content (AvgIpc) is 2.47. The molecule has 110 valence electrons. The van der Waals surface area contributed by atoms with E-state index in [-0.39, 0.29) is 5.84 Å². The van der Waals surface area contributed by atoms with Gasteiger partial charge in [0, 0.05) is 17.6 Å². The van der Waals surface area contributed by atoms with E-state index in [1.165, 1.54) is 5.56 Å². The summed E-state index contributed by atoms with van der Waals surface area (Å²) in [7, 11) is 2.02. The van der Waals surface area contributed by atoms with Crippen LogP contribution in [0, 0.1) is 12.3 Å². The first-order valence-corrected chi connectivity index (χ1v) is 7.94. The van der Waals surface area contributed by atoms with Gasteiger partial charge in [0.25, 0.3) is 0 Å². The van der Waals surface area contributed by atoms with Crippen LogP contribution in [0.25, 0.3) is 0 Å². The van der Waals surface area contributed by atoms with E-state index in [4.69, 9.17) is 11.1 Å². The number of anilines is 2. The molecule has 0 atom stereocenters. The summed E-state index contributed by atoms with van der Waals surface area (Å²) < 4.78 is 0. The molecule has 2 rings (SSSR count). The molecule has 0 amide bonds. The molecule has 0 spiro atoms. The lowest BCUT2D eigenvalue weighted by Gasteiger charge is -2.25. The third-order valence-corrected chi connectivity index (χ3v) is 4.35. The molecule has 0 aliphatic carbocycles. The van der Waals surface area contributed by atoms with Gasteiger partial charge in [0.1, 0.15) is 5.84 Å². The van der Waals surface area contributed by atoms with Gasteiger partial charge in [0.15, 0.2) is 0 Å². The lowest BCUT2D eigenvalue weighted by Crippen LogP contribution is -2.20. The van der Waals surface area contributed by atoms with Gasteiger partial charge in [0.05, 0.1) is 11.3 Å². The second-order valence-corrected chi connectivity index (χ2v) is 6.15. The number of nitrogens with one attached hydrogen (secondary N) is 1. The third kappa shape index (κ3) is 3.22. The molecule has 0 unspecified atom stereocenters. The molecule has 2 aromatic carbocycles. The molecular formula is C17H21N3S. The number of hydrogen-bond donors (Lipinski definition) is 2. The SMILES string of the molecule is CCSc1cccc(N(C)c2ccccc2C)c1C(=N)N. The van der Waals surface area contributed by atoms with Crippen molar-refractivity contribution in [1.29, 1.82) is 5.41 Å². The number of para-hydroxylation sites is 1. The fourth-order valence-electron chi connectivity index (χ4n) is 2.42. The van der Waals surface area contributed by atoms with Gasteiger partial charge in [-0.3, -0.25) is 5.41 Å². The summed E-state index contributed by atoms with van der Waals surface area (Å²) in [6, 6.07) is 14.3. The number of amidine groups is 1. The molecule has 3 nitrogen and oxygen atoms in total. The summed E-state index contributed by atoms with van der Waals surface area (Å²) in [5.74, 6) is 1.07. The first-order chi connectivity index (χ1) is 10.1. The second-order valence-electron chi connectivity index (χ2n) is 4.84. The molecule has 0 fully saturated rings. The van der Waals surface area contributed by atoms with Crippen molar-refractivity contribution in [3.8, 4) is 0 Å². The van der Waals surface area contributed by atoms with Gasteiger partial charge < -0.3 is 10.6 Å². The van der Waals surface area contributed by atoms with Crippen LogP contribution in [0.2, 0.25) is 0 Å². The van der Waals surface area contributed by atoms with Gasteiger partial charge >= 0.3 is 0 Å². The highest BCUT2D eigenvalue weighted by molar-refractivity contribution is 7.99. The predicted molar refractivity (Wildman–Crippen MR) is 93.1 cm³/mol. The molecule has 3 N–H and O–H groups in total. The molecule has 0 bridgehead atoms. The minimum atomic E-state index is 0.113. The van der Waals surface area contributed by atoms with Gasteiger partial charge in [-0.2, -0.15) is 0 Å². The van der Waals surface area contributed by atoms with Gasteiger partial charge in [-0.15, -0.1) is 11.8 Å². The quantitative estimate of drug-likeness (QED) is 0.495. The van der Waals surface area contributed by atoms with Crippen molar-refractivity contribution in [2.24, 2.45) is 5.73 Å². The lowest BCUT2D eigenvalue weighted by molar-refractivity contribution is 1.16. The first-order valence-electron chi connectivity index (χ1n) is 6.95. The highest BCUT2D eigenvalue weighted by Gasteiger charge is 2.16. The topological polar surface area (TPSA) is 53.1 Å². The van der Waals surface area contributed by atoms with Crippen LogP contribution in [0.1, 0.15) is 18.1 Å². The Bertz CT molecular complexity index is 652. The second kappa shape index (κ2) is 6.68. The predicted octanol–water partition coefficient (Wildman–Crippen LogP) is 4.16. The van der Waals surface area contributed by atoms with Gasteiger partial charge in [-0.25, -0.2) is 0 Å². The molecule has 0 aliphatic heterocycles. The number of benzene rings is 2. The fourth-order valence-corrected chi connectivity index (χ4v) is 3.26. The Labute approximate surface area is 130 Å². The van der Waals surface area contributed by atoms with Crippen molar-refractivity contribution in [3.63, 3.8) is 0 Å². The molecule has 0 saturated heterocycles. The molecule has 0 aliphatic rings. The van der Waals surface area contributed by atoms with E-state index in [0.717, 1.165) is 27.6 Å². The molecule has 0 radical (unpaired) electrons. The van der Waals surface area contributed by atoms with Crippen LogP contribution in [0.4, 0.5) is 11.4 Å². The Balaban J connectivity index is 2.55. The molecular weight excluding hydrogens is 278 g/mol. The van der Waals surface area contributed by atoms with E-state index in [1.54, 1.807) is 11.8 Å². The van der Waals surface area contributed by atoms with Crippen LogP contribution < -0.4 is 10.6 Å². The summed E-state index contributed by atoms with van der Waals surface area (Å²) in [6.07, 6.45) is 0. The van der Waals surface area contributed by atoms with Crippen molar-refractivity contribution in [2.75, 3.05) is 17.7 Å². The van der Waals surface area contributed by atoms with Gasteiger partial charge in [0.2, 0.25) is 0 Å². The summed E-state index contributed by atoms with van der Waals surface area (Å²) in [6.45, 7) is 4.19. The number of rotatable bonds is 5. The summed E-state index contributed by atoms with van der Waals surface area (Å²) in [4.78, 5) is 3.16. The standard InChI is InChI=1S/C17H21N3S/c1-4-21-15-11-7-10-14(16(15)17(18)19)20(3)13-9-6-5-8-12(13)2/h5-11H,4H2,1-3H3,(H3,18,19). The normalized spacial score (nSPS) is 10.4. The van der Waals surface area contributed by atoms with Crippen LogP contribution in [0.5, 0.6) is 0 Å². The van der Waals surface area contributed by atoms with E-state index < -0.39 is 0 Å². The number of nitrogens with two attached hydrogens (primary N) is 1. The monoisotopic (exact) mass is 299 g/mol. The smallest absolute Gasteiger partial charge is 0.126 e. The largest absolute Gasteiger partial charge is 0.384 e. The summed E-state index contributed by atoms with van der Waals surface area (Å²) in [5, 5.41) is 7.94. The van der Waals surface area contributed by atoms with Crippen LogP contribution in [0.3, 0.4) is 0 Å². The van der Waals surface area contributed by atoms with E-state index in [9.17, 15) is 0 Å². The van der Waals surface area contributed by atoms with Crippen LogP contribution in [-0.4, -0.2) is 18.6 Å².